The quantitative estimate of drug-likeness (QED) is 0.173. The van der Waals surface area contributed by atoms with Crippen LogP contribution in [0.25, 0.3) is 16.6 Å². The Balaban J connectivity index is 0.000000893. The predicted molar refractivity (Wildman–Crippen MR) is 194 cm³/mol. The number of para-hydroxylation sites is 1. The molecule has 0 spiro atoms. The van der Waals surface area contributed by atoms with Gasteiger partial charge in [0.05, 0.1) is 30.2 Å². The van der Waals surface area contributed by atoms with Crippen LogP contribution < -0.4 is 26.1 Å². The summed E-state index contributed by atoms with van der Waals surface area (Å²) in [4.78, 5) is 34.7. The Hall–Kier alpha value is -5.48. The number of methoxy groups -OCH3 is 1. The van der Waals surface area contributed by atoms with Crippen molar-refractivity contribution in [2.24, 2.45) is 12.8 Å². The minimum absolute atomic E-state index is 0.0576. The number of carbonyl (C=O) groups is 1. The topological polar surface area (TPSA) is 126 Å². The van der Waals surface area contributed by atoms with Crippen molar-refractivity contribution in [3.8, 4) is 22.9 Å². The van der Waals surface area contributed by atoms with Crippen LogP contribution in [0.2, 0.25) is 0 Å². The summed E-state index contributed by atoms with van der Waals surface area (Å²) in [6.07, 6.45) is 8.74. The number of benzene rings is 2. The summed E-state index contributed by atoms with van der Waals surface area (Å²) in [5.41, 5.74) is 6.11. The molecule has 3 N–H and O–H groups in total. The van der Waals surface area contributed by atoms with Gasteiger partial charge in [-0.2, -0.15) is 0 Å². The van der Waals surface area contributed by atoms with Gasteiger partial charge in [0.25, 0.3) is 11.5 Å². The molecule has 250 valence electrons. The molecule has 0 aliphatic heterocycles. The fourth-order valence-electron chi connectivity index (χ4n) is 4.10. The van der Waals surface area contributed by atoms with Crippen LogP contribution in [0, 0.1) is 6.92 Å². The number of rotatable bonds is 7. The van der Waals surface area contributed by atoms with E-state index in [0.29, 0.717) is 34.4 Å². The Bertz CT molecular complexity index is 1760. The Morgan fingerprint density at radius 2 is 1.62 bits per heavy atom. The van der Waals surface area contributed by atoms with Crippen molar-refractivity contribution in [3.63, 3.8) is 0 Å². The molecule has 0 bridgehead atoms. The van der Waals surface area contributed by atoms with E-state index in [9.17, 15) is 9.59 Å². The van der Waals surface area contributed by atoms with Crippen LogP contribution in [0.3, 0.4) is 0 Å². The van der Waals surface area contributed by atoms with Crippen LogP contribution in [0.1, 0.15) is 50.7 Å². The molecular formula is C37H48N6O4. The highest BCUT2D eigenvalue weighted by Crippen LogP contribution is 2.30. The molecule has 47 heavy (non-hydrogen) atoms. The van der Waals surface area contributed by atoms with Crippen molar-refractivity contribution >= 4 is 22.6 Å². The molecule has 3 heterocycles. The summed E-state index contributed by atoms with van der Waals surface area (Å²) in [5.74, 6) is 1.57. The summed E-state index contributed by atoms with van der Waals surface area (Å²) in [6.45, 7) is 15.2. The summed E-state index contributed by atoms with van der Waals surface area (Å²) in [7, 11) is 4.84. The zero-order valence-electron chi connectivity index (χ0n) is 28.9. The number of nitrogens with zero attached hydrogens (tertiary/aromatic N) is 4. The Morgan fingerprint density at radius 1 is 0.957 bits per heavy atom. The minimum Gasteiger partial charge on any atom is -0.497 e. The van der Waals surface area contributed by atoms with E-state index < -0.39 is 11.5 Å². The standard InChI is InChI=1S/C27H23N5O4.C5H8.2C2H6.CH5N/c1-17-25(27(34)32(31(17)2)18-7-5-4-6-8-18)26(33)30-24-12-10-20(16-29-24)36-23-13-14-28-22-15-19(35-3)9-11-21(22)23;1-3-5-4-2;3*1-2/h4-16H,1-3H3,(H,29,30,33);3-5H,1H2,2H3;2*1-2H3;2H2,1H3/b;5-4-;;;. The normalized spacial score (nSPS) is 9.66. The number of nitrogens with two attached hydrogens (primary N) is 1. The fourth-order valence-corrected chi connectivity index (χ4v) is 4.10. The van der Waals surface area contributed by atoms with E-state index in [1.54, 1.807) is 56.2 Å². The SMILES string of the molecule is C=C/C=C\C.CC.CC.CN.COc1ccc2c(Oc3ccc(NC(=O)c4c(C)n(C)n(-c5ccccc5)c4=O)nc3)ccnc2c1. The van der Waals surface area contributed by atoms with Gasteiger partial charge >= 0.3 is 0 Å². The van der Waals surface area contributed by atoms with E-state index >= 15 is 0 Å². The smallest absolute Gasteiger partial charge is 0.284 e. The van der Waals surface area contributed by atoms with Gasteiger partial charge in [0, 0.05) is 24.7 Å². The van der Waals surface area contributed by atoms with Crippen molar-refractivity contribution in [1.29, 1.82) is 0 Å². The van der Waals surface area contributed by atoms with Gasteiger partial charge in [-0.3, -0.25) is 19.3 Å². The first-order valence-electron chi connectivity index (χ1n) is 15.4. The van der Waals surface area contributed by atoms with Crippen molar-refractivity contribution in [2.75, 3.05) is 19.5 Å². The molecule has 0 unspecified atom stereocenters. The van der Waals surface area contributed by atoms with E-state index in [-0.39, 0.29) is 5.56 Å². The first-order valence-corrected chi connectivity index (χ1v) is 15.4. The third-order valence-electron chi connectivity index (χ3n) is 6.23. The van der Waals surface area contributed by atoms with Gasteiger partial charge < -0.3 is 20.5 Å². The average molecular weight is 641 g/mol. The van der Waals surface area contributed by atoms with Crippen LogP contribution in [0.15, 0.2) is 109 Å². The van der Waals surface area contributed by atoms with Crippen molar-refractivity contribution in [2.45, 2.75) is 41.5 Å². The second-order valence-electron chi connectivity index (χ2n) is 8.83. The lowest BCUT2D eigenvalue weighted by molar-refractivity contribution is 0.102. The lowest BCUT2D eigenvalue weighted by Gasteiger charge is -2.10. The number of allylic oxidation sites excluding steroid dienone is 3. The zero-order valence-corrected chi connectivity index (χ0v) is 28.9. The molecule has 0 atom stereocenters. The second-order valence-corrected chi connectivity index (χ2v) is 8.83. The van der Waals surface area contributed by atoms with Crippen LogP contribution in [0.4, 0.5) is 5.82 Å². The summed E-state index contributed by atoms with van der Waals surface area (Å²) in [6, 6.07) is 19.8. The number of carbonyl (C=O) groups excluding carboxylic acids is 1. The van der Waals surface area contributed by atoms with E-state index in [0.717, 1.165) is 10.9 Å². The van der Waals surface area contributed by atoms with E-state index in [1.807, 2.05) is 95.3 Å². The van der Waals surface area contributed by atoms with Gasteiger partial charge in [-0.1, -0.05) is 70.7 Å². The molecule has 2 aromatic carbocycles. The van der Waals surface area contributed by atoms with E-state index in [2.05, 4.69) is 27.6 Å². The molecule has 0 radical (unpaired) electrons. The second kappa shape index (κ2) is 21.3. The molecule has 0 aliphatic rings. The van der Waals surface area contributed by atoms with E-state index in [4.69, 9.17) is 9.47 Å². The molecule has 10 nitrogen and oxygen atoms in total. The number of amides is 1. The van der Waals surface area contributed by atoms with Crippen LogP contribution in [-0.2, 0) is 7.05 Å². The lowest BCUT2D eigenvalue weighted by atomic mass is 10.2. The molecular weight excluding hydrogens is 592 g/mol. The predicted octanol–water partition coefficient (Wildman–Crippen LogP) is 7.86. The number of fused-ring (bicyclic) bond motifs is 1. The maximum Gasteiger partial charge on any atom is 0.284 e. The largest absolute Gasteiger partial charge is 0.497 e. The number of hydrogen-bond donors (Lipinski definition) is 2. The average Bonchev–Trinajstić information content (AvgIpc) is 3.35. The van der Waals surface area contributed by atoms with Crippen LogP contribution in [0.5, 0.6) is 17.2 Å². The van der Waals surface area contributed by atoms with Gasteiger partial charge in [0.1, 0.15) is 28.6 Å². The Kier molecular flexibility index (Phi) is 17.9. The highest BCUT2D eigenvalue weighted by atomic mass is 16.5. The van der Waals surface area contributed by atoms with Crippen LogP contribution >= 0.6 is 0 Å². The number of nitrogens with one attached hydrogen (secondary N) is 1. The number of anilines is 1. The van der Waals surface area contributed by atoms with Crippen LogP contribution in [-0.4, -0.2) is 39.4 Å². The summed E-state index contributed by atoms with van der Waals surface area (Å²) in [5, 5.41) is 3.53. The highest BCUT2D eigenvalue weighted by Gasteiger charge is 2.22. The zero-order chi connectivity index (χ0) is 35.4. The molecule has 0 aliphatic carbocycles. The van der Waals surface area contributed by atoms with Gasteiger partial charge in [0.15, 0.2) is 0 Å². The minimum atomic E-state index is -0.530. The number of aromatic nitrogens is 4. The maximum atomic E-state index is 13.1. The molecule has 10 heteroatoms. The Morgan fingerprint density at radius 3 is 2.17 bits per heavy atom. The van der Waals surface area contributed by atoms with Gasteiger partial charge in [-0.15, -0.1) is 0 Å². The molecule has 5 rings (SSSR count). The lowest BCUT2D eigenvalue weighted by Crippen LogP contribution is -2.25. The van der Waals surface area contributed by atoms with Gasteiger partial charge in [-0.05, 0) is 63.4 Å². The summed E-state index contributed by atoms with van der Waals surface area (Å²) >= 11 is 0. The number of pyridine rings is 2. The molecule has 5 aromatic rings. The number of ether oxygens (including phenoxy) is 2. The first-order chi connectivity index (χ1) is 22.9. The molecule has 0 saturated heterocycles. The third kappa shape index (κ3) is 10.5. The third-order valence-corrected chi connectivity index (χ3v) is 6.23. The molecule has 0 saturated carbocycles. The monoisotopic (exact) mass is 640 g/mol. The Labute approximate surface area is 278 Å². The van der Waals surface area contributed by atoms with Crippen molar-refractivity contribution in [3.05, 3.63) is 126 Å². The van der Waals surface area contributed by atoms with Gasteiger partial charge in [0.2, 0.25) is 0 Å². The molecule has 3 aromatic heterocycles. The maximum absolute atomic E-state index is 13.1. The van der Waals surface area contributed by atoms with Gasteiger partial charge in [-0.25, -0.2) is 9.67 Å². The first kappa shape index (κ1) is 39.5. The number of hydrogen-bond acceptors (Lipinski definition) is 7. The highest BCUT2D eigenvalue weighted by molar-refractivity contribution is 6.04. The van der Waals surface area contributed by atoms with E-state index in [1.165, 1.54) is 17.9 Å². The molecule has 0 fully saturated rings. The molecule has 1 amide bonds. The van der Waals surface area contributed by atoms with Crippen molar-refractivity contribution in [1.82, 2.24) is 19.3 Å². The van der Waals surface area contributed by atoms with Crippen molar-refractivity contribution < 1.29 is 14.3 Å². The summed E-state index contributed by atoms with van der Waals surface area (Å²) < 4.78 is 14.4. The fraction of sp³-hybridized carbons (Fsp3) is 0.243.